The second-order valence-electron chi connectivity index (χ2n) is 6.93. The first-order valence-corrected chi connectivity index (χ1v) is 9.32. The third-order valence-corrected chi connectivity index (χ3v) is 5.02. The van der Waals surface area contributed by atoms with E-state index in [2.05, 4.69) is 20.8 Å². The van der Waals surface area contributed by atoms with Crippen LogP contribution in [0.2, 0.25) is 0 Å². The number of amides is 1. The number of carbonyl (C=O) groups excluding carboxylic acids is 1. The van der Waals surface area contributed by atoms with E-state index in [-0.39, 0.29) is 5.91 Å². The van der Waals surface area contributed by atoms with Gasteiger partial charge in [-0.2, -0.15) is 10.2 Å². The van der Waals surface area contributed by atoms with E-state index in [4.69, 9.17) is 0 Å². The van der Waals surface area contributed by atoms with Crippen LogP contribution in [0.15, 0.2) is 42.6 Å². The Bertz CT molecular complexity index is 937. The molecule has 3 heterocycles. The number of benzene rings is 1. The van der Waals surface area contributed by atoms with Gasteiger partial charge in [0.15, 0.2) is 5.69 Å². The van der Waals surface area contributed by atoms with Crippen molar-refractivity contribution in [2.75, 3.05) is 18.4 Å². The second kappa shape index (κ2) is 7.36. The number of hydrogen-bond acceptors (Lipinski definition) is 4. The zero-order chi connectivity index (χ0) is 18.8. The number of aromatic nitrogens is 4. The highest BCUT2D eigenvalue weighted by molar-refractivity contribution is 6.03. The third-order valence-electron chi connectivity index (χ3n) is 5.02. The lowest BCUT2D eigenvalue weighted by Crippen LogP contribution is -2.32. The molecule has 0 radical (unpaired) electrons. The molecule has 1 amide bonds. The zero-order valence-corrected chi connectivity index (χ0v) is 15.6. The van der Waals surface area contributed by atoms with Gasteiger partial charge in [0.1, 0.15) is 0 Å². The van der Waals surface area contributed by atoms with Crippen LogP contribution in [0.3, 0.4) is 0 Å². The van der Waals surface area contributed by atoms with Crippen molar-refractivity contribution in [1.82, 2.24) is 24.9 Å². The minimum absolute atomic E-state index is 0.212. The molecule has 0 aliphatic carbocycles. The summed E-state index contributed by atoms with van der Waals surface area (Å²) in [5, 5.41) is 15.4. The molecule has 140 valence electrons. The van der Waals surface area contributed by atoms with E-state index < -0.39 is 0 Å². The van der Waals surface area contributed by atoms with Gasteiger partial charge in [0.05, 0.1) is 28.8 Å². The average molecular weight is 364 g/mol. The molecule has 1 aromatic carbocycles. The van der Waals surface area contributed by atoms with Crippen LogP contribution in [0.5, 0.6) is 0 Å². The van der Waals surface area contributed by atoms with E-state index in [1.165, 1.54) is 0 Å². The molecule has 0 bridgehead atoms. The zero-order valence-electron chi connectivity index (χ0n) is 15.6. The van der Waals surface area contributed by atoms with Gasteiger partial charge in [-0.1, -0.05) is 18.2 Å². The summed E-state index contributed by atoms with van der Waals surface area (Å²) in [4.78, 5) is 12.7. The molecule has 1 unspecified atom stereocenters. The van der Waals surface area contributed by atoms with Crippen molar-refractivity contribution < 1.29 is 4.79 Å². The van der Waals surface area contributed by atoms with Crippen LogP contribution < -0.4 is 10.6 Å². The molecule has 1 fully saturated rings. The van der Waals surface area contributed by atoms with Crippen LogP contribution in [0.4, 0.5) is 5.69 Å². The number of para-hydroxylation sites is 1. The maximum absolute atomic E-state index is 12.7. The van der Waals surface area contributed by atoms with Crippen LogP contribution >= 0.6 is 0 Å². The molecule has 27 heavy (non-hydrogen) atoms. The Morgan fingerprint density at radius 3 is 2.74 bits per heavy atom. The van der Waals surface area contributed by atoms with Crippen molar-refractivity contribution in [3.05, 3.63) is 59.7 Å². The van der Waals surface area contributed by atoms with Gasteiger partial charge in [-0.15, -0.1) is 0 Å². The number of hydrogen-bond donors (Lipinski definition) is 2. The molecule has 3 aromatic rings. The van der Waals surface area contributed by atoms with Crippen molar-refractivity contribution >= 4 is 11.6 Å². The minimum atomic E-state index is -0.212. The highest BCUT2D eigenvalue weighted by Crippen LogP contribution is 2.23. The van der Waals surface area contributed by atoms with Gasteiger partial charge in [-0.25, -0.2) is 4.68 Å². The monoisotopic (exact) mass is 364 g/mol. The summed E-state index contributed by atoms with van der Waals surface area (Å²) in [6.07, 6.45) is 4.10. The van der Waals surface area contributed by atoms with Gasteiger partial charge in [-0.05, 0) is 51.4 Å². The number of nitrogens with one attached hydrogen (secondary N) is 2. The van der Waals surface area contributed by atoms with Gasteiger partial charge in [-0.3, -0.25) is 9.48 Å². The molecule has 0 spiro atoms. The maximum Gasteiger partial charge on any atom is 0.276 e. The molecule has 7 heteroatoms. The smallest absolute Gasteiger partial charge is 0.276 e. The minimum Gasteiger partial charge on any atom is -0.317 e. The molecule has 1 aliphatic rings. The van der Waals surface area contributed by atoms with E-state index in [0.717, 1.165) is 48.7 Å². The number of piperidine rings is 1. The largest absolute Gasteiger partial charge is 0.317 e. The first-order chi connectivity index (χ1) is 13.1. The molecule has 4 rings (SSSR count). The third kappa shape index (κ3) is 3.50. The van der Waals surface area contributed by atoms with Crippen LogP contribution in [-0.4, -0.2) is 38.6 Å². The number of aryl methyl sites for hydroxylation is 1. The summed E-state index contributed by atoms with van der Waals surface area (Å²) in [5.41, 5.74) is 3.79. The summed E-state index contributed by atoms with van der Waals surface area (Å²) >= 11 is 0. The normalized spacial score (nSPS) is 17.0. The fraction of sp³-hybridized carbons (Fsp3) is 0.350. The fourth-order valence-corrected chi connectivity index (χ4v) is 3.54. The Hall–Kier alpha value is -2.93. The lowest BCUT2D eigenvalue weighted by atomic mass is 10.1. The van der Waals surface area contributed by atoms with Crippen LogP contribution in [0, 0.1) is 13.8 Å². The van der Waals surface area contributed by atoms with Gasteiger partial charge < -0.3 is 10.6 Å². The molecular formula is C20H24N6O. The maximum atomic E-state index is 12.7. The van der Waals surface area contributed by atoms with Crippen molar-refractivity contribution in [3.63, 3.8) is 0 Å². The predicted molar refractivity (Wildman–Crippen MR) is 104 cm³/mol. The Morgan fingerprint density at radius 2 is 2.00 bits per heavy atom. The Labute approximate surface area is 158 Å². The summed E-state index contributed by atoms with van der Waals surface area (Å²) in [5.74, 6) is -0.212. The Balaban J connectivity index is 1.53. The molecule has 1 aliphatic heterocycles. The lowest BCUT2D eigenvalue weighted by molar-refractivity contribution is 0.102. The second-order valence-corrected chi connectivity index (χ2v) is 6.93. The van der Waals surface area contributed by atoms with Gasteiger partial charge in [0, 0.05) is 12.7 Å². The van der Waals surface area contributed by atoms with Crippen molar-refractivity contribution in [2.24, 2.45) is 0 Å². The van der Waals surface area contributed by atoms with E-state index in [9.17, 15) is 4.79 Å². The van der Waals surface area contributed by atoms with Crippen LogP contribution in [-0.2, 0) is 0 Å². The van der Waals surface area contributed by atoms with Crippen molar-refractivity contribution in [2.45, 2.75) is 32.7 Å². The van der Waals surface area contributed by atoms with Gasteiger partial charge in [0.2, 0.25) is 0 Å². The number of nitrogens with zero attached hydrogens (tertiary/aromatic N) is 4. The van der Waals surface area contributed by atoms with Crippen molar-refractivity contribution in [1.29, 1.82) is 0 Å². The number of rotatable bonds is 4. The summed E-state index contributed by atoms with van der Waals surface area (Å²) in [7, 11) is 0. The first kappa shape index (κ1) is 17.5. The Morgan fingerprint density at radius 1 is 1.19 bits per heavy atom. The van der Waals surface area contributed by atoms with Crippen LogP contribution in [0.1, 0.15) is 40.8 Å². The molecule has 1 atom stereocenters. The summed E-state index contributed by atoms with van der Waals surface area (Å²) in [6.45, 7) is 5.79. The van der Waals surface area contributed by atoms with Crippen molar-refractivity contribution in [3.8, 4) is 5.69 Å². The van der Waals surface area contributed by atoms with E-state index in [1.54, 1.807) is 6.07 Å². The molecule has 0 saturated carbocycles. The molecule has 2 N–H and O–H groups in total. The predicted octanol–water partition coefficient (Wildman–Crippen LogP) is 2.86. The van der Waals surface area contributed by atoms with Crippen LogP contribution in [0.25, 0.3) is 5.69 Å². The molecular weight excluding hydrogens is 340 g/mol. The highest BCUT2D eigenvalue weighted by atomic mass is 16.2. The summed E-state index contributed by atoms with van der Waals surface area (Å²) in [6, 6.07) is 12.0. The Kier molecular flexibility index (Phi) is 4.77. The summed E-state index contributed by atoms with van der Waals surface area (Å²) < 4.78 is 3.74. The fourth-order valence-electron chi connectivity index (χ4n) is 3.54. The quantitative estimate of drug-likeness (QED) is 0.746. The molecule has 2 aromatic heterocycles. The SMILES string of the molecule is Cc1nn(-c2ccccc2)c(C)c1NC(=O)c1ccn(C2CCCNC2)n1. The number of carbonyl (C=O) groups is 1. The first-order valence-electron chi connectivity index (χ1n) is 9.32. The topological polar surface area (TPSA) is 76.8 Å². The van der Waals surface area contributed by atoms with E-state index >= 15 is 0 Å². The standard InChI is InChI=1S/C20H24N6O/c1-14-19(15(2)26(23-14)16-7-4-3-5-8-16)22-20(27)18-10-12-25(24-18)17-9-6-11-21-13-17/h3-5,7-8,10,12,17,21H,6,9,11,13H2,1-2H3,(H,22,27). The highest BCUT2D eigenvalue weighted by Gasteiger charge is 2.20. The van der Waals surface area contributed by atoms with Gasteiger partial charge >= 0.3 is 0 Å². The number of anilines is 1. The van der Waals surface area contributed by atoms with E-state index in [1.807, 2.05) is 59.7 Å². The lowest BCUT2D eigenvalue weighted by Gasteiger charge is -2.22. The van der Waals surface area contributed by atoms with Gasteiger partial charge in [0.25, 0.3) is 5.91 Å². The molecule has 7 nitrogen and oxygen atoms in total. The average Bonchev–Trinajstić information content (AvgIpc) is 3.30. The van der Waals surface area contributed by atoms with E-state index in [0.29, 0.717) is 11.7 Å². The molecule has 1 saturated heterocycles.